The van der Waals surface area contributed by atoms with Gasteiger partial charge >= 0.3 is 0 Å². The summed E-state index contributed by atoms with van der Waals surface area (Å²) < 4.78 is 0.594. The zero-order chi connectivity index (χ0) is 15.6. The molecule has 0 saturated heterocycles. The Bertz CT molecular complexity index is 732. The summed E-state index contributed by atoms with van der Waals surface area (Å²) in [4.78, 5) is 23.6. The summed E-state index contributed by atoms with van der Waals surface area (Å²) in [5.74, 6) is -0.834. The quantitative estimate of drug-likeness (QED) is 0.867. The molecule has 0 heterocycles. The number of halogens is 2. The summed E-state index contributed by atoms with van der Waals surface area (Å²) in [6, 6.07) is 9.89. The Labute approximate surface area is 135 Å². The van der Waals surface area contributed by atoms with Crippen molar-refractivity contribution in [1.29, 1.82) is 0 Å². The van der Waals surface area contributed by atoms with E-state index in [4.69, 9.17) is 17.3 Å². The molecule has 0 saturated carbocycles. The van der Waals surface area contributed by atoms with Crippen LogP contribution in [-0.2, 0) is 0 Å². The van der Waals surface area contributed by atoms with E-state index in [-0.39, 0.29) is 5.91 Å². The Hall–Kier alpha value is -1.85. The highest BCUT2D eigenvalue weighted by Crippen LogP contribution is 2.24. The van der Waals surface area contributed by atoms with Gasteiger partial charge in [0.15, 0.2) is 0 Å². The van der Waals surface area contributed by atoms with Gasteiger partial charge in [0.25, 0.3) is 5.91 Å². The maximum atomic E-state index is 12.3. The van der Waals surface area contributed by atoms with Crippen LogP contribution in [0.15, 0.2) is 40.9 Å². The highest BCUT2D eigenvalue weighted by molar-refractivity contribution is 9.10. The van der Waals surface area contributed by atoms with Crippen LogP contribution in [0.2, 0.25) is 5.02 Å². The third-order valence-corrected chi connectivity index (χ3v) is 3.91. The standard InChI is InChI=1S/C15H12BrClN2O2/c1-8-10(14(18)20)3-2-4-13(8)19-15(21)11-6-5-9(17)7-12(11)16/h2-7H,1H3,(H2,18,20)(H,19,21). The van der Waals surface area contributed by atoms with Crippen LogP contribution in [0, 0.1) is 6.92 Å². The molecule has 0 aliphatic heterocycles. The molecule has 0 aliphatic rings. The minimum absolute atomic E-state index is 0.303. The van der Waals surface area contributed by atoms with Crippen LogP contribution in [0.4, 0.5) is 5.69 Å². The Morgan fingerprint density at radius 1 is 1.19 bits per heavy atom. The number of carbonyl (C=O) groups is 2. The van der Waals surface area contributed by atoms with E-state index >= 15 is 0 Å². The number of nitrogens with one attached hydrogen (secondary N) is 1. The Morgan fingerprint density at radius 2 is 1.90 bits per heavy atom. The fraction of sp³-hybridized carbons (Fsp3) is 0.0667. The first-order chi connectivity index (χ1) is 9.90. The summed E-state index contributed by atoms with van der Waals surface area (Å²) in [5, 5.41) is 3.29. The molecule has 108 valence electrons. The maximum Gasteiger partial charge on any atom is 0.256 e. The summed E-state index contributed by atoms with van der Waals surface area (Å²) in [6.07, 6.45) is 0. The van der Waals surface area contributed by atoms with Gasteiger partial charge in [-0.15, -0.1) is 0 Å². The van der Waals surface area contributed by atoms with E-state index in [1.807, 2.05) is 0 Å². The van der Waals surface area contributed by atoms with Gasteiger partial charge in [0.05, 0.1) is 5.56 Å². The van der Waals surface area contributed by atoms with Gasteiger partial charge in [0.1, 0.15) is 0 Å². The van der Waals surface area contributed by atoms with Gasteiger partial charge in [-0.1, -0.05) is 17.7 Å². The maximum absolute atomic E-state index is 12.3. The predicted molar refractivity (Wildman–Crippen MR) is 86.8 cm³/mol. The van der Waals surface area contributed by atoms with Crippen molar-refractivity contribution in [2.24, 2.45) is 5.73 Å². The first kappa shape index (κ1) is 15.5. The van der Waals surface area contributed by atoms with E-state index in [9.17, 15) is 9.59 Å². The molecular weight excluding hydrogens is 356 g/mol. The van der Waals surface area contributed by atoms with E-state index in [0.717, 1.165) is 0 Å². The molecule has 0 unspecified atom stereocenters. The zero-order valence-electron chi connectivity index (χ0n) is 11.1. The average Bonchev–Trinajstić information content (AvgIpc) is 2.40. The number of amides is 2. The molecule has 4 nitrogen and oxygen atoms in total. The second-order valence-corrected chi connectivity index (χ2v) is 5.71. The molecule has 0 spiro atoms. The summed E-state index contributed by atoms with van der Waals surface area (Å²) in [7, 11) is 0. The van der Waals surface area contributed by atoms with Crippen LogP contribution in [-0.4, -0.2) is 11.8 Å². The fourth-order valence-electron chi connectivity index (χ4n) is 1.90. The zero-order valence-corrected chi connectivity index (χ0v) is 13.5. The van der Waals surface area contributed by atoms with Crippen molar-refractivity contribution < 1.29 is 9.59 Å². The van der Waals surface area contributed by atoms with Gasteiger partial charge in [0.2, 0.25) is 5.91 Å². The molecule has 3 N–H and O–H groups in total. The van der Waals surface area contributed by atoms with Gasteiger partial charge < -0.3 is 11.1 Å². The molecule has 2 aromatic rings. The lowest BCUT2D eigenvalue weighted by Gasteiger charge is -2.11. The predicted octanol–water partition coefficient (Wildman–Crippen LogP) is 3.76. The third-order valence-electron chi connectivity index (χ3n) is 3.02. The van der Waals surface area contributed by atoms with Gasteiger partial charge in [-0.3, -0.25) is 9.59 Å². The number of carbonyl (C=O) groups excluding carboxylic acids is 2. The molecule has 0 aromatic heterocycles. The number of hydrogen-bond acceptors (Lipinski definition) is 2. The Balaban J connectivity index is 2.32. The second-order valence-electron chi connectivity index (χ2n) is 4.42. The normalized spacial score (nSPS) is 10.2. The van der Waals surface area contributed by atoms with Crippen molar-refractivity contribution in [2.45, 2.75) is 6.92 Å². The molecule has 21 heavy (non-hydrogen) atoms. The van der Waals surface area contributed by atoms with E-state index < -0.39 is 5.91 Å². The summed E-state index contributed by atoms with van der Waals surface area (Å²) >= 11 is 9.15. The summed E-state index contributed by atoms with van der Waals surface area (Å²) in [5.41, 5.74) is 7.29. The molecular formula is C15H12BrClN2O2. The molecule has 0 radical (unpaired) electrons. The average molecular weight is 368 g/mol. The van der Waals surface area contributed by atoms with Crippen LogP contribution in [0.25, 0.3) is 0 Å². The van der Waals surface area contributed by atoms with E-state index in [1.165, 1.54) is 0 Å². The highest BCUT2D eigenvalue weighted by atomic mass is 79.9. The van der Waals surface area contributed by atoms with Crippen molar-refractivity contribution in [3.63, 3.8) is 0 Å². The first-order valence-corrected chi connectivity index (χ1v) is 7.23. The van der Waals surface area contributed by atoms with Crippen LogP contribution in [0.1, 0.15) is 26.3 Å². The van der Waals surface area contributed by atoms with E-state index in [1.54, 1.807) is 43.3 Å². The number of benzene rings is 2. The van der Waals surface area contributed by atoms with Crippen molar-refractivity contribution in [1.82, 2.24) is 0 Å². The third kappa shape index (κ3) is 3.43. The Kier molecular flexibility index (Phi) is 4.65. The number of hydrogen-bond donors (Lipinski definition) is 2. The minimum atomic E-state index is -0.531. The summed E-state index contributed by atoms with van der Waals surface area (Å²) in [6.45, 7) is 1.73. The van der Waals surface area contributed by atoms with Crippen LogP contribution >= 0.6 is 27.5 Å². The largest absolute Gasteiger partial charge is 0.366 e. The molecule has 2 aromatic carbocycles. The lowest BCUT2D eigenvalue weighted by Crippen LogP contribution is -2.17. The van der Waals surface area contributed by atoms with Gasteiger partial charge in [-0.05, 0) is 58.7 Å². The molecule has 0 atom stereocenters. The van der Waals surface area contributed by atoms with Crippen LogP contribution < -0.4 is 11.1 Å². The van der Waals surface area contributed by atoms with Crippen molar-refractivity contribution in [3.05, 3.63) is 62.6 Å². The van der Waals surface area contributed by atoms with Gasteiger partial charge in [0, 0.05) is 20.7 Å². The second kappa shape index (κ2) is 6.28. The molecule has 0 aliphatic carbocycles. The number of nitrogens with two attached hydrogens (primary N) is 1. The lowest BCUT2D eigenvalue weighted by molar-refractivity contribution is 0.0995. The van der Waals surface area contributed by atoms with Crippen molar-refractivity contribution in [2.75, 3.05) is 5.32 Å². The Morgan fingerprint density at radius 3 is 2.52 bits per heavy atom. The molecule has 0 fully saturated rings. The van der Waals surface area contributed by atoms with Crippen LogP contribution in [0.3, 0.4) is 0 Å². The highest BCUT2D eigenvalue weighted by Gasteiger charge is 2.14. The molecule has 2 amide bonds. The first-order valence-electron chi connectivity index (χ1n) is 6.06. The smallest absolute Gasteiger partial charge is 0.256 e. The SMILES string of the molecule is Cc1c(NC(=O)c2ccc(Cl)cc2Br)cccc1C(N)=O. The van der Waals surface area contributed by atoms with Crippen LogP contribution in [0.5, 0.6) is 0 Å². The number of primary amides is 1. The van der Waals surface area contributed by atoms with E-state index in [2.05, 4.69) is 21.2 Å². The van der Waals surface area contributed by atoms with E-state index in [0.29, 0.717) is 31.9 Å². The number of rotatable bonds is 3. The fourth-order valence-corrected chi connectivity index (χ4v) is 2.76. The monoisotopic (exact) mass is 366 g/mol. The van der Waals surface area contributed by atoms with Crippen molar-refractivity contribution in [3.8, 4) is 0 Å². The van der Waals surface area contributed by atoms with Gasteiger partial charge in [-0.25, -0.2) is 0 Å². The molecule has 0 bridgehead atoms. The molecule has 6 heteroatoms. The topological polar surface area (TPSA) is 72.2 Å². The van der Waals surface area contributed by atoms with Gasteiger partial charge in [-0.2, -0.15) is 0 Å². The minimum Gasteiger partial charge on any atom is -0.366 e. The molecule has 2 rings (SSSR count). The lowest BCUT2D eigenvalue weighted by atomic mass is 10.1. The number of anilines is 1. The van der Waals surface area contributed by atoms with Crippen molar-refractivity contribution >= 4 is 45.0 Å².